The fraction of sp³-hybridized carbons (Fsp3) is 0.353. The highest BCUT2D eigenvalue weighted by atomic mass is 28.3. The maximum Gasteiger partial charge on any atom is 0.176 e. The first-order valence-corrected chi connectivity index (χ1v) is 15.7. The summed E-state index contributed by atoms with van der Waals surface area (Å²) in [6, 6.07) is 30.9. The molecule has 0 amide bonds. The summed E-state index contributed by atoms with van der Waals surface area (Å²) in [6.07, 6.45) is 9.81. The van der Waals surface area contributed by atoms with Crippen molar-refractivity contribution in [3.05, 3.63) is 112 Å². The third kappa shape index (κ3) is 5.02. The molecule has 3 aromatic rings. The van der Waals surface area contributed by atoms with Crippen LogP contribution < -0.4 is 15.6 Å². The third-order valence-electron chi connectivity index (χ3n) is 7.97. The van der Waals surface area contributed by atoms with Gasteiger partial charge in [0, 0.05) is 0 Å². The van der Waals surface area contributed by atoms with Crippen LogP contribution in [0.2, 0.25) is 0 Å². The van der Waals surface area contributed by atoms with Gasteiger partial charge in [-0.1, -0.05) is 135 Å². The SMILES string of the molecule is CCCCc1ccc([Si](C2=C(C)C(C)=CC2C)(c2ccccc2)c2ccc(CCCC)cc2)cc1. The largest absolute Gasteiger partial charge is 0.176 e. The zero-order valence-electron chi connectivity index (χ0n) is 22.4. The first-order chi connectivity index (χ1) is 17.0. The molecule has 0 heterocycles. The summed E-state index contributed by atoms with van der Waals surface area (Å²) in [5.41, 5.74) is 5.86. The van der Waals surface area contributed by atoms with E-state index in [1.165, 1.54) is 76.4 Å². The maximum absolute atomic E-state index is 2.49. The Morgan fingerprint density at radius 1 is 0.629 bits per heavy atom. The van der Waals surface area contributed by atoms with Gasteiger partial charge in [0.2, 0.25) is 0 Å². The zero-order chi connectivity index (χ0) is 24.8. The van der Waals surface area contributed by atoms with Crippen LogP contribution in [0.4, 0.5) is 0 Å². The number of allylic oxidation sites excluding steroid dienone is 4. The number of hydrogen-bond acceptors (Lipinski definition) is 0. The summed E-state index contributed by atoms with van der Waals surface area (Å²) in [5, 5.41) is 6.17. The van der Waals surface area contributed by atoms with Gasteiger partial charge < -0.3 is 0 Å². The molecule has 0 radical (unpaired) electrons. The van der Waals surface area contributed by atoms with E-state index in [0.717, 1.165) is 0 Å². The summed E-state index contributed by atoms with van der Waals surface area (Å²) >= 11 is 0. The van der Waals surface area contributed by atoms with Crippen LogP contribution in [0.15, 0.2) is 101 Å². The zero-order valence-corrected chi connectivity index (χ0v) is 23.4. The molecule has 0 fully saturated rings. The van der Waals surface area contributed by atoms with Crippen molar-refractivity contribution in [2.75, 3.05) is 0 Å². The van der Waals surface area contributed by atoms with Crippen LogP contribution in [0.5, 0.6) is 0 Å². The average Bonchev–Trinajstić information content (AvgIpc) is 3.15. The highest BCUT2D eigenvalue weighted by Gasteiger charge is 2.46. The van der Waals surface area contributed by atoms with Crippen molar-refractivity contribution in [1.82, 2.24) is 0 Å². The van der Waals surface area contributed by atoms with E-state index in [1.54, 1.807) is 5.20 Å². The summed E-state index contributed by atoms with van der Waals surface area (Å²) in [7, 11) is -2.44. The maximum atomic E-state index is 2.49. The van der Waals surface area contributed by atoms with Gasteiger partial charge in [0.05, 0.1) is 0 Å². The number of aryl methyl sites for hydroxylation is 2. The standard InChI is InChI=1S/C34H42Si/c1-6-8-13-29-17-21-32(22-18-29)35(31-15-11-10-12-16-31,34-27(4)25-26(3)28(34)5)33-23-19-30(20-24-33)14-9-7-2/h10-12,15-25,27H,6-9,13-14H2,1-5H3. The molecule has 1 heteroatoms. The van der Waals surface area contributed by atoms with Crippen molar-refractivity contribution in [3.8, 4) is 0 Å². The van der Waals surface area contributed by atoms with E-state index in [2.05, 4.69) is 120 Å². The summed E-state index contributed by atoms with van der Waals surface area (Å²) in [5.74, 6) is 0.446. The van der Waals surface area contributed by atoms with Gasteiger partial charge in [-0.3, -0.25) is 0 Å². The molecule has 35 heavy (non-hydrogen) atoms. The van der Waals surface area contributed by atoms with E-state index in [1.807, 2.05) is 0 Å². The van der Waals surface area contributed by atoms with Crippen LogP contribution in [0.1, 0.15) is 71.4 Å². The molecule has 0 aromatic heterocycles. The fourth-order valence-electron chi connectivity index (χ4n) is 6.02. The fourth-order valence-corrected chi connectivity index (χ4v) is 11.5. The molecule has 1 aliphatic carbocycles. The molecule has 0 bridgehead atoms. The van der Waals surface area contributed by atoms with Gasteiger partial charge in [-0.25, -0.2) is 0 Å². The molecule has 1 aliphatic rings. The van der Waals surface area contributed by atoms with Crippen LogP contribution in [0, 0.1) is 5.92 Å². The number of rotatable bonds is 10. The van der Waals surface area contributed by atoms with Gasteiger partial charge >= 0.3 is 0 Å². The molecular weight excluding hydrogens is 436 g/mol. The summed E-state index contributed by atoms with van der Waals surface area (Å²) < 4.78 is 0. The Labute approximate surface area is 214 Å². The number of unbranched alkanes of at least 4 members (excludes halogenated alkanes) is 2. The van der Waals surface area contributed by atoms with Crippen LogP contribution in [-0.4, -0.2) is 8.07 Å². The highest BCUT2D eigenvalue weighted by Crippen LogP contribution is 2.36. The molecule has 4 rings (SSSR count). The molecule has 0 N–H and O–H groups in total. The highest BCUT2D eigenvalue weighted by molar-refractivity contribution is 7.16. The first-order valence-electron chi connectivity index (χ1n) is 13.7. The average molecular weight is 479 g/mol. The Morgan fingerprint density at radius 2 is 1.09 bits per heavy atom. The van der Waals surface area contributed by atoms with Crippen molar-refractivity contribution in [2.45, 2.75) is 73.1 Å². The molecule has 0 saturated carbocycles. The Hall–Kier alpha value is -2.64. The van der Waals surface area contributed by atoms with E-state index in [-0.39, 0.29) is 0 Å². The second kappa shape index (κ2) is 11.4. The van der Waals surface area contributed by atoms with Crippen LogP contribution >= 0.6 is 0 Å². The van der Waals surface area contributed by atoms with Gasteiger partial charge in [-0.15, -0.1) is 0 Å². The van der Waals surface area contributed by atoms with Gasteiger partial charge in [-0.2, -0.15) is 0 Å². The Kier molecular flexibility index (Phi) is 8.29. The van der Waals surface area contributed by atoms with Crippen molar-refractivity contribution in [1.29, 1.82) is 0 Å². The predicted molar refractivity (Wildman–Crippen MR) is 157 cm³/mol. The number of hydrogen-bond donors (Lipinski definition) is 0. The molecule has 0 spiro atoms. The Bertz CT molecular complexity index is 1110. The lowest BCUT2D eigenvalue weighted by Gasteiger charge is -2.38. The Morgan fingerprint density at radius 3 is 1.49 bits per heavy atom. The monoisotopic (exact) mass is 478 g/mol. The van der Waals surface area contributed by atoms with Crippen LogP contribution in [0.25, 0.3) is 0 Å². The van der Waals surface area contributed by atoms with Crippen molar-refractivity contribution < 1.29 is 0 Å². The summed E-state index contributed by atoms with van der Waals surface area (Å²) in [4.78, 5) is 0. The normalized spacial score (nSPS) is 16.0. The number of benzene rings is 3. The summed E-state index contributed by atoms with van der Waals surface area (Å²) in [6.45, 7) is 11.6. The molecule has 0 saturated heterocycles. The minimum Gasteiger partial charge on any atom is -0.0748 e. The van der Waals surface area contributed by atoms with Crippen LogP contribution in [0.3, 0.4) is 0 Å². The lowest BCUT2D eigenvalue weighted by Crippen LogP contribution is -2.69. The van der Waals surface area contributed by atoms with E-state index in [9.17, 15) is 0 Å². The van der Waals surface area contributed by atoms with Gasteiger partial charge in [0.25, 0.3) is 0 Å². The quantitative estimate of drug-likeness (QED) is 0.212. The molecule has 3 aromatic carbocycles. The van der Waals surface area contributed by atoms with Gasteiger partial charge in [-0.05, 0) is 72.1 Å². The minimum atomic E-state index is -2.44. The molecule has 0 nitrogen and oxygen atoms in total. The molecule has 182 valence electrons. The molecular formula is C34H42Si. The Balaban J connectivity index is 1.97. The van der Waals surface area contributed by atoms with E-state index in [4.69, 9.17) is 0 Å². The molecule has 0 aliphatic heterocycles. The van der Waals surface area contributed by atoms with Crippen molar-refractivity contribution in [2.24, 2.45) is 5.92 Å². The lowest BCUT2D eigenvalue weighted by atomic mass is 10.1. The van der Waals surface area contributed by atoms with Gasteiger partial charge in [0.15, 0.2) is 8.07 Å². The van der Waals surface area contributed by atoms with E-state index in [0.29, 0.717) is 5.92 Å². The van der Waals surface area contributed by atoms with Crippen molar-refractivity contribution >= 4 is 23.6 Å². The van der Waals surface area contributed by atoms with E-state index < -0.39 is 8.07 Å². The minimum absolute atomic E-state index is 0.446. The van der Waals surface area contributed by atoms with Crippen molar-refractivity contribution in [3.63, 3.8) is 0 Å². The molecule has 1 unspecified atom stereocenters. The third-order valence-corrected chi connectivity index (χ3v) is 13.2. The van der Waals surface area contributed by atoms with E-state index >= 15 is 0 Å². The second-order valence-corrected chi connectivity index (χ2v) is 14.2. The second-order valence-electron chi connectivity index (χ2n) is 10.4. The van der Waals surface area contributed by atoms with Crippen LogP contribution in [-0.2, 0) is 12.8 Å². The smallest absolute Gasteiger partial charge is 0.0748 e. The topological polar surface area (TPSA) is 0 Å². The lowest BCUT2D eigenvalue weighted by molar-refractivity contribution is 0.795. The predicted octanol–water partition coefficient (Wildman–Crippen LogP) is 7.29. The first kappa shape index (κ1) is 25.4. The van der Waals surface area contributed by atoms with Gasteiger partial charge in [0.1, 0.15) is 0 Å². The molecule has 1 atom stereocenters.